The number of hydrogen-bond donors (Lipinski definition) is 1. The number of aromatic nitrogens is 2. The van der Waals surface area contributed by atoms with Crippen molar-refractivity contribution in [3.8, 4) is 11.4 Å². The molecule has 0 radical (unpaired) electrons. The monoisotopic (exact) mass is 494 g/mol. The number of anilines is 1. The van der Waals surface area contributed by atoms with Crippen LogP contribution < -0.4 is 10.2 Å². The van der Waals surface area contributed by atoms with Crippen molar-refractivity contribution in [1.29, 1.82) is 0 Å². The molecule has 0 saturated carbocycles. The van der Waals surface area contributed by atoms with Crippen molar-refractivity contribution in [3.05, 3.63) is 107 Å². The minimum Gasteiger partial charge on any atom is -0.334 e. The van der Waals surface area contributed by atoms with Gasteiger partial charge in [-0.25, -0.2) is 9.18 Å². The van der Waals surface area contributed by atoms with Crippen LogP contribution in [0.3, 0.4) is 0 Å². The molecule has 2 heterocycles. The van der Waals surface area contributed by atoms with Crippen LogP contribution >= 0.6 is 0 Å². The maximum atomic E-state index is 13.7. The second-order valence-corrected chi connectivity index (χ2v) is 8.11. The van der Waals surface area contributed by atoms with Crippen molar-refractivity contribution in [2.45, 2.75) is 19.1 Å². The van der Waals surface area contributed by atoms with Gasteiger partial charge in [-0.15, -0.1) is 0 Å². The number of amides is 2. The number of halogens is 4. The molecule has 0 saturated heterocycles. The van der Waals surface area contributed by atoms with E-state index in [0.29, 0.717) is 16.8 Å². The highest BCUT2D eigenvalue weighted by Crippen LogP contribution is 2.39. The fourth-order valence-corrected chi connectivity index (χ4v) is 4.10. The van der Waals surface area contributed by atoms with Gasteiger partial charge < -0.3 is 9.84 Å². The number of carbonyl (C=O) groups is 1. The summed E-state index contributed by atoms with van der Waals surface area (Å²) in [4.78, 5) is 18.9. The van der Waals surface area contributed by atoms with E-state index in [4.69, 9.17) is 4.52 Å². The van der Waals surface area contributed by atoms with Gasteiger partial charge in [0.15, 0.2) is 0 Å². The van der Waals surface area contributed by atoms with E-state index in [-0.39, 0.29) is 17.4 Å². The summed E-state index contributed by atoms with van der Waals surface area (Å²) < 4.78 is 58.4. The normalized spacial score (nSPS) is 16.3. The number of carbonyl (C=O) groups excluding carboxylic acids is 1. The van der Waals surface area contributed by atoms with Crippen LogP contribution in [0.1, 0.15) is 30.0 Å². The van der Waals surface area contributed by atoms with E-state index in [9.17, 15) is 22.4 Å². The molecule has 1 unspecified atom stereocenters. The van der Waals surface area contributed by atoms with Crippen LogP contribution in [-0.4, -0.2) is 16.2 Å². The summed E-state index contributed by atoms with van der Waals surface area (Å²) in [6.07, 6.45) is -4.51. The lowest BCUT2D eigenvalue weighted by molar-refractivity contribution is -0.137. The Bertz CT molecular complexity index is 1450. The molecule has 3 aromatic carbocycles. The zero-order valence-corrected chi connectivity index (χ0v) is 18.8. The number of rotatable bonds is 4. The summed E-state index contributed by atoms with van der Waals surface area (Å²) in [6, 6.07) is 17.8. The molecule has 182 valence electrons. The lowest BCUT2D eigenvalue weighted by Gasteiger charge is -2.35. The molecule has 10 heteroatoms. The van der Waals surface area contributed by atoms with E-state index in [1.165, 1.54) is 35.2 Å². The summed E-state index contributed by atoms with van der Waals surface area (Å²) in [7, 11) is 0. The third-order valence-corrected chi connectivity index (χ3v) is 5.81. The second kappa shape index (κ2) is 8.95. The number of urea groups is 1. The third kappa shape index (κ3) is 4.33. The number of nitrogens with one attached hydrogen (secondary N) is 1. The van der Waals surface area contributed by atoms with E-state index < -0.39 is 29.6 Å². The van der Waals surface area contributed by atoms with Crippen molar-refractivity contribution in [2.75, 3.05) is 4.90 Å². The third-order valence-electron chi connectivity index (χ3n) is 5.81. The highest BCUT2D eigenvalue weighted by atomic mass is 19.4. The van der Waals surface area contributed by atoms with Crippen LogP contribution in [0.15, 0.2) is 89.1 Å². The highest BCUT2D eigenvalue weighted by molar-refractivity contribution is 6.01. The molecule has 1 atom stereocenters. The standard InChI is InChI=1S/C26H18F4N4O2/c1-15-21(24-32-23(33-36-24)17-8-5-9-19(27)14-17)22(16-6-3-2-4-7-16)31-25(35)34(15)20-12-10-18(11-13-20)26(28,29)30/h2-14,22H,1H3,(H,31,35). The molecule has 36 heavy (non-hydrogen) atoms. The van der Waals surface area contributed by atoms with Gasteiger partial charge in [-0.1, -0.05) is 47.6 Å². The molecule has 0 bridgehead atoms. The molecule has 0 fully saturated rings. The molecule has 6 nitrogen and oxygen atoms in total. The van der Waals surface area contributed by atoms with Gasteiger partial charge in [-0.2, -0.15) is 18.2 Å². The number of nitrogens with zero attached hydrogens (tertiary/aromatic N) is 3. The first kappa shape index (κ1) is 23.3. The fraction of sp³-hybridized carbons (Fsp3) is 0.115. The Kier molecular flexibility index (Phi) is 5.79. The average molecular weight is 494 g/mol. The molecule has 4 aromatic rings. The summed E-state index contributed by atoms with van der Waals surface area (Å²) >= 11 is 0. The Labute approximate surface area is 202 Å². The quantitative estimate of drug-likeness (QED) is 0.325. The van der Waals surface area contributed by atoms with Crippen molar-refractivity contribution >= 4 is 17.3 Å². The van der Waals surface area contributed by atoms with E-state index in [2.05, 4.69) is 15.5 Å². The zero-order valence-electron chi connectivity index (χ0n) is 18.8. The first-order valence-electron chi connectivity index (χ1n) is 10.9. The van der Waals surface area contributed by atoms with Crippen molar-refractivity contribution in [2.24, 2.45) is 0 Å². The van der Waals surface area contributed by atoms with Crippen LogP contribution in [0.5, 0.6) is 0 Å². The lowest BCUT2D eigenvalue weighted by atomic mass is 9.94. The van der Waals surface area contributed by atoms with E-state index in [1.54, 1.807) is 13.0 Å². The second-order valence-electron chi connectivity index (χ2n) is 8.11. The van der Waals surface area contributed by atoms with Crippen LogP contribution in [0, 0.1) is 5.82 Å². The first-order chi connectivity index (χ1) is 17.2. The first-order valence-corrected chi connectivity index (χ1v) is 10.9. The largest absolute Gasteiger partial charge is 0.416 e. The van der Waals surface area contributed by atoms with Gasteiger partial charge in [-0.05, 0) is 48.9 Å². The van der Waals surface area contributed by atoms with Crippen molar-refractivity contribution < 1.29 is 26.9 Å². The maximum Gasteiger partial charge on any atom is 0.416 e. The molecule has 0 spiro atoms. The van der Waals surface area contributed by atoms with E-state index in [0.717, 1.165) is 17.7 Å². The Hall–Kier alpha value is -4.47. The summed E-state index contributed by atoms with van der Waals surface area (Å²) in [5.74, 6) is -0.234. The molecule has 1 aromatic heterocycles. The van der Waals surface area contributed by atoms with E-state index >= 15 is 0 Å². The predicted molar refractivity (Wildman–Crippen MR) is 124 cm³/mol. The molecular weight excluding hydrogens is 476 g/mol. The van der Waals surface area contributed by atoms with Gasteiger partial charge in [0.05, 0.1) is 22.9 Å². The number of allylic oxidation sites excluding steroid dienone is 1. The number of benzene rings is 3. The Morgan fingerprint density at radius 2 is 1.69 bits per heavy atom. The number of hydrogen-bond acceptors (Lipinski definition) is 4. The minimum atomic E-state index is -4.51. The molecular formula is C26H18F4N4O2. The average Bonchev–Trinajstić information content (AvgIpc) is 3.34. The van der Waals surface area contributed by atoms with E-state index in [1.807, 2.05) is 30.3 Å². The van der Waals surface area contributed by atoms with Gasteiger partial charge in [0.25, 0.3) is 5.89 Å². The summed E-state index contributed by atoms with van der Waals surface area (Å²) in [5.41, 5.74) is 1.38. The van der Waals surface area contributed by atoms with Crippen LogP contribution in [-0.2, 0) is 6.18 Å². The SMILES string of the molecule is CC1=C(c2nc(-c3cccc(F)c3)no2)C(c2ccccc2)NC(=O)N1c1ccc(C(F)(F)F)cc1. The van der Waals surface area contributed by atoms with Crippen molar-refractivity contribution in [1.82, 2.24) is 15.5 Å². The Balaban J connectivity index is 1.62. The van der Waals surface area contributed by atoms with Crippen LogP contribution in [0.4, 0.5) is 28.0 Å². The van der Waals surface area contributed by atoms with Gasteiger partial charge >= 0.3 is 12.2 Å². The Morgan fingerprint density at radius 3 is 2.36 bits per heavy atom. The smallest absolute Gasteiger partial charge is 0.334 e. The predicted octanol–water partition coefficient (Wildman–Crippen LogP) is 6.60. The maximum absolute atomic E-state index is 13.7. The zero-order chi connectivity index (χ0) is 25.4. The topological polar surface area (TPSA) is 71.3 Å². The van der Waals surface area contributed by atoms with Gasteiger partial charge in [0.2, 0.25) is 5.82 Å². The van der Waals surface area contributed by atoms with Gasteiger partial charge in [0.1, 0.15) is 5.82 Å². The van der Waals surface area contributed by atoms with Gasteiger partial charge in [-0.3, -0.25) is 4.90 Å². The van der Waals surface area contributed by atoms with Crippen molar-refractivity contribution in [3.63, 3.8) is 0 Å². The molecule has 1 aliphatic rings. The summed E-state index contributed by atoms with van der Waals surface area (Å²) in [5, 5.41) is 6.86. The summed E-state index contributed by atoms with van der Waals surface area (Å²) in [6.45, 7) is 1.65. The number of alkyl halides is 3. The fourth-order valence-electron chi connectivity index (χ4n) is 4.10. The van der Waals surface area contributed by atoms with Crippen LogP contribution in [0.25, 0.3) is 17.0 Å². The molecule has 0 aliphatic carbocycles. The lowest BCUT2D eigenvalue weighted by Crippen LogP contribution is -2.46. The minimum absolute atomic E-state index is 0.0810. The van der Waals surface area contributed by atoms with Crippen LogP contribution in [0.2, 0.25) is 0 Å². The molecule has 1 aliphatic heterocycles. The molecule has 2 amide bonds. The highest BCUT2D eigenvalue weighted by Gasteiger charge is 2.37. The molecule has 1 N–H and O–H groups in total. The molecule has 5 rings (SSSR count). The van der Waals surface area contributed by atoms with Gasteiger partial charge in [0, 0.05) is 11.3 Å². The Morgan fingerprint density at radius 1 is 0.972 bits per heavy atom.